The lowest BCUT2D eigenvalue weighted by Crippen LogP contribution is -2.43. The summed E-state index contributed by atoms with van der Waals surface area (Å²) in [6, 6.07) is 0.289. The molecule has 1 saturated carbocycles. The Hall–Kier alpha value is -0.410. The SMILES string of the molecule is CCC1CCC(=O)C(CN2CCCCCC2CO)C1. The Bertz CT molecular complexity index is 292. The molecule has 1 aliphatic carbocycles. The fourth-order valence-electron chi connectivity index (χ4n) is 3.72. The summed E-state index contributed by atoms with van der Waals surface area (Å²) < 4.78 is 0. The monoisotopic (exact) mass is 267 g/mol. The molecule has 0 spiro atoms. The maximum Gasteiger partial charge on any atom is 0.137 e. The van der Waals surface area contributed by atoms with Gasteiger partial charge in [-0.2, -0.15) is 0 Å². The first-order valence-electron chi connectivity index (χ1n) is 8.12. The molecule has 0 amide bonds. The summed E-state index contributed by atoms with van der Waals surface area (Å²) in [5, 5.41) is 9.55. The van der Waals surface area contributed by atoms with E-state index in [2.05, 4.69) is 11.8 Å². The number of carbonyl (C=O) groups excluding carboxylic acids is 1. The standard InChI is InChI=1S/C16H29NO2/c1-2-13-7-8-16(19)14(10-13)11-17-9-5-3-4-6-15(17)12-18/h13-15,18H,2-12H2,1H3. The lowest BCUT2D eigenvalue weighted by Gasteiger charge is -2.35. The van der Waals surface area contributed by atoms with E-state index in [0.717, 1.165) is 44.7 Å². The van der Waals surface area contributed by atoms with E-state index in [4.69, 9.17) is 0 Å². The van der Waals surface area contributed by atoms with Crippen molar-refractivity contribution in [3.8, 4) is 0 Å². The van der Waals surface area contributed by atoms with Gasteiger partial charge in [0.05, 0.1) is 6.61 Å². The number of hydrogen-bond acceptors (Lipinski definition) is 3. The van der Waals surface area contributed by atoms with Crippen LogP contribution < -0.4 is 0 Å². The van der Waals surface area contributed by atoms with Gasteiger partial charge in [-0.25, -0.2) is 0 Å². The highest BCUT2D eigenvalue weighted by atomic mass is 16.3. The molecule has 1 N–H and O–H groups in total. The van der Waals surface area contributed by atoms with E-state index in [1.165, 1.54) is 25.7 Å². The molecule has 2 fully saturated rings. The number of nitrogens with zero attached hydrogens (tertiary/aromatic N) is 1. The van der Waals surface area contributed by atoms with E-state index in [-0.39, 0.29) is 18.6 Å². The zero-order valence-corrected chi connectivity index (χ0v) is 12.3. The number of likely N-dealkylation sites (tertiary alicyclic amines) is 1. The lowest BCUT2D eigenvalue weighted by atomic mass is 9.79. The van der Waals surface area contributed by atoms with Crippen LogP contribution in [-0.2, 0) is 4.79 Å². The molecule has 2 rings (SSSR count). The highest BCUT2D eigenvalue weighted by Gasteiger charge is 2.31. The zero-order chi connectivity index (χ0) is 13.7. The number of aliphatic hydroxyl groups is 1. The van der Waals surface area contributed by atoms with Crippen molar-refractivity contribution < 1.29 is 9.90 Å². The Kier molecular flexibility index (Phi) is 5.83. The van der Waals surface area contributed by atoms with Crippen LogP contribution in [0.4, 0.5) is 0 Å². The van der Waals surface area contributed by atoms with Crippen LogP contribution in [0, 0.1) is 11.8 Å². The molecule has 0 bridgehead atoms. The van der Waals surface area contributed by atoms with Crippen LogP contribution in [0.1, 0.15) is 58.3 Å². The van der Waals surface area contributed by atoms with Gasteiger partial charge in [-0.05, 0) is 38.1 Å². The van der Waals surface area contributed by atoms with Crippen LogP contribution in [0.25, 0.3) is 0 Å². The molecule has 0 radical (unpaired) electrons. The fourth-order valence-corrected chi connectivity index (χ4v) is 3.72. The van der Waals surface area contributed by atoms with E-state index >= 15 is 0 Å². The molecule has 1 heterocycles. The highest BCUT2D eigenvalue weighted by Crippen LogP contribution is 2.30. The Morgan fingerprint density at radius 1 is 1.26 bits per heavy atom. The van der Waals surface area contributed by atoms with Gasteiger partial charge in [0.15, 0.2) is 0 Å². The molecule has 1 saturated heterocycles. The smallest absolute Gasteiger partial charge is 0.137 e. The molecule has 3 nitrogen and oxygen atoms in total. The largest absolute Gasteiger partial charge is 0.395 e. The summed E-state index contributed by atoms with van der Waals surface area (Å²) in [6.07, 6.45) is 8.94. The molecular formula is C16H29NO2. The van der Waals surface area contributed by atoms with Crippen molar-refractivity contribution in [1.29, 1.82) is 0 Å². The summed E-state index contributed by atoms with van der Waals surface area (Å²) in [5.41, 5.74) is 0. The van der Waals surface area contributed by atoms with Crippen molar-refractivity contribution in [3.05, 3.63) is 0 Å². The summed E-state index contributed by atoms with van der Waals surface area (Å²) in [7, 11) is 0. The quantitative estimate of drug-likeness (QED) is 0.851. The van der Waals surface area contributed by atoms with Gasteiger partial charge < -0.3 is 5.11 Å². The molecule has 3 atom stereocenters. The molecule has 3 heteroatoms. The Morgan fingerprint density at radius 2 is 2.11 bits per heavy atom. The second-order valence-electron chi connectivity index (χ2n) is 6.39. The molecule has 2 aliphatic rings. The normalized spacial score (nSPS) is 34.2. The first kappa shape index (κ1) is 15.0. The molecule has 110 valence electrons. The van der Waals surface area contributed by atoms with E-state index in [1.54, 1.807) is 0 Å². The topological polar surface area (TPSA) is 40.5 Å². The van der Waals surface area contributed by atoms with Crippen molar-refractivity contribution in [3.63, 3.8) is 0 Å². The molecule has 1 aliphatic heterocycles. The molecule has 0 aromatic carbocycles. The first-order valence-corrected chi connectivity index (χ1v) is 8.12. The van der Waals surface area contributed by atoms with E-state index in [9.17, 15) is 9.90 Å². The minimum atomic E-state index is 0.228. The van der Waals surface area contributed by atoms with Crippen LogP contribution in [0.2, 0.25) is 0 Å². The van der Waals surface area contributed by atoms with Crippen molar-refractivity contribution in [1.82, 2.24) is 4.90 Å². The van der Waals surface area contributed by atoms with Gasteiger partial charge in [0.25, 0.3) is 0 Å². The minimum Gasteiger partial charge on any atom is -0.395 e. The molecule has 3 unspecified atom stereocenters. The number of Topliss-reactive ketones (excluding diaryl/α,β-unsaturated/α-hetero) is 1. The van der Waals surface area contributed by atoms with Crippen molar-refractivity contribution >= 4 is 5.78 Å². The Labute approximate surface area is 117 Å². The third-order valence-corrected chi connectivity index (χ3v) is 5.11. The van der Waals surface area contributed by atoms with Gasteiger partial charge >= 0.3 is 0 Å². The predicted octanol–water partition coefficient (Wildman–Crippen LogP) is 2.62. The third kappa shape index (κ3) is 4.03. The van der Waals surface area contributed by atoms with Crippen LogP contribution in [-0.4, -0.2) is 41.5 Å². The number of rotatable bonds is 4. The van der Waals surface area contributed by atoms with Gasteiger partial charge in [0.2, 0.25) is 0 Å². The molecule has 0 aromatic heterocycles. The predicted molar refractivity (Wildman–Crippen MR) is 77.0 cm³/mol. The Morgan fingerprint density at radius 3 is 2.84 bits per heavy atom. The summed E-state index contributed by atoms with van der Waals surface area (Å²) in [4.78, 5) is 14.5. The van der Waals surface area contributed by atoms with Gasteiger partial charge in [-0.1, -0.05) is 26.2 Å². The second-order valence-corrected chi connectivity index (χ2v) is 6.39. The number of aliphatic hydroxyl groups excluding tert-OH is 1. The van der Waals surface area contributed by atoms with Gasteiger partial charge in [-0.3, -0.25) is 9.69 Å². The van der Waals surface area contributed by atoms with Crippen molar-refractivity contribution in [2.45, 2.75) is 64.3 Å². The summed E-state index contributed by atoms with van der Waals surface area (Å²) >= 11 is 0. The van der Waals surface area contributed by atoms with E-state index < -0.39 is 0 Å². The van der Waals surface area contributed by atoms with E-state index in [1.807, 2.05) is 0 Å². The van der Waals surface area contributed by atoms with Crippen LogP contribution in [0.3, 0.4) is 0 Å². The Balaban J connectivity index is 1.94. The first-order chi connectivity index (χ1) is 9.24. The van der Waals surface area contributed by atoms with E-state index in [0.29, 0.717) is 5.78 Å². The lowest BCUT2D eigenvalue weighted by molar-refractivity contribution is -0.126. The zero-order valence-electron chi connectivity index (χ0n) is 12.3. The van der Waals surface area contributed by atoms with Crippen LogP contribution in [0.15, 0.2) is 0 Å². The maximum atomic E-state index is 12.1. The maximum absolute atomic E-state index is 12.1. The third-order valence-electron chi connectivity index (χ3n) is 5.11. The van der Waals surface area contributed by atoms with Gasteiger partial charge in [0.1, 0.15) is 5.78 Å². The molecule has 0 aromatic rings. The van der Waals surface area contributed by atoms with Crippen molar-refractivity contribution in [2.75, 3.05) is 19.7 Å². The average Bonchev–Trinajstić information content (AvgIpc) is 2.66. The summed E-state index contributed by atoms with van der Waals surface area (Å²) in [6.45, 7) is 4.43. The van der Waals surface area contributed by atoms with Crippen LogP contribution >= 0.6 is 0 Å². The highest BCUT2D eigenvalue weighted by molar-refractivity contribution is 5.81. The summed E-state index contributed by atoms with van der Waals surface area (Å²) in [5.74, 6) is 1.43. The second kappa shape index (κ2) is 7.39. The van der Waals surface area contributed by atoms with Gasteiger partial charge in [0, 0.05) is 24.9 Å². The number of hydrogen-bond donors (Lipinski definition) is 1. The van der Waals surface area contributed by atoms with Gasteiger partial charge in [-0.15, -0.1) is 0 Å². The molecule has 19 heavy (non-hydrogen) atoms. The molecular weight excluding hydrogens is 238 g/mol. The average molecular weight is 267 g/mol. The van der Waals surface area contributed by atoms with Crippen molar-refractivity contribution in [2.24, 2.45) is 11.8 Å². The minimum absolute atomic E-state index is 0.228. The number of carbonyl (C=O) groups is 1. The number of ketones is 1. The van der Waals surface area contributed by atoms with Crippen LogP contribution in [0.5, 0.6) is 0 Å². The fraction of sp³-hybridized carbons (Fsp3) is 0.938.